The summed E-state index contributed by atoms with van der Waals surface area (Å²) in [4.78, 5) is 0. The molecule has 2 aromatic rings. The molecule has 0 saturated heterocycles. The Morgan fingerprint density at radius 1 is 1.16 bits per heavy atom. The molecule has 3 N–H and O–H groups in total. The van der Waals surface area contributed by atoms with Crippen molar-refractivity contribution in [2.75, 3.05) is 11.1 Å². The molecule has 0 aromatic heterocycles. The van der Waals surface area contributed by atoms with E-state index in [9.17, 15) is 0 Å². The second-order valence-corrected chi connectivity index (χ2v) is 4.70. The van der Waals surface area contributed by atoms with Crippen LogP contribution in [-0.4, -0.2) is 0 Å². The van der Waals surface area contributed by atoms with E-state index in [1.165, 1.54) is 16.7 Å². The fourth-order valence-electron chi connectivity index (χ4n) is 2.01. The first-order valence-corrected chi connectivity index (χ1v) is 6.20. The van der Waals surface area contributed by atoms with Gasteiger partial charge in [0, 0.05) is 6.54 Å². The predicted octanol–water partition coefficient (Wildman–Crippen LogP) is 3.37. The van der Waals surface area contributed by atoms with E-state index < -0.39 is 0 Å². The number of nitrogen functional groups attached to an aromatic ring is 1. The molecule has 0 aliphatic carbocycles. The summed E-state index contributed by atoms with van der Waals surface area (Å²) in [5, 5.41) is 12.2. The third kappa shape index (κ3) is 3.05. The Morgan fingerprint density at radius 3 is 2.63 bits per heavy atom. The van der Waals surface area contributed by atoms with Gasteiger partial charge in [0.1, 0.15) is 0 Å². The number of aryl methyl sites for hydroxylation is 2. The highest BCUT2D eigenvalue weighted by atomic mass is 14.9. The number of anilines is 2. The Bertz CT molecular complexity index is 639. The Balaban J connectivity index is 2.16. The molecule has 3 nitrogen and oxygen atoms in total. The van der Waals surface area contributed by atoms with E-state index in [2.05, 4.69) is 43.4 Å². The van der Waals surface area contributed by atoms with Crippen LogP contribution in [0.4, 0.5) is 11.4 Å². The molecule has 0 aliphatic heterocycles. The summed E-state index contributed by atoms with van der Waals surface area (Å²) in [7, 11) is 0. The highest BCUT2D eigenvalue weighted by molar-refractivity contribution is 5.68. The quantitative estimate of drug-likeness (QED) is 0.822. The number of nitrogens with two attached hydrogens (primary N) is 1. The Morgan fingerprint density at radius 2 is 1.95 bits per heavy atom. The van der Waals surface area contributed by atoms with Crippen molar-refractivity contribution < 1.29 is 0 Å². The van der Waals surface area contributed by atoms with Crippen molar-refractivity contribution in [1.29, 1.82) is 5.26 Å². The topological polar surface area (TPSA) is 61.8 Å². The van der Waals surface area contributed by atoms with Crippen molar-refractivity contribution >= 4 is 11.4 Å². The molecule has 0 saturated carbocycles. The summed E-state index contributed by atoms with van der Waals surface area (Å²) in [6, 6.07) is 13.7. The smallest absolute Gasteiger partial charge is 0.0992 e. The molecule has 0 spiro atoms. The molecule has 0 unspecified atom stereocenters. The predicted molar refractivity (Wildman–Crippen MR) is 78.8 cm³/mol. The van der Waals surface area contributed by atoms with E-state index in [0.717, 1.165) is 5.69 Å². The number of nitrogens with zero attached hydrogens (tertiary/aromatic N) is 1. The summed E-state index contributed by atoms with van der Waals surface area (Å²) < 4.78 is 0. The van der Waals surface area contributed by atoms with Gasteiger partial charge in [0.15, 0.2) is 0 Å². The summed E-state index contributed by atoms with van der Waals surface area (Å²) in [5.41, 5.74) is 11.7. The third-order valence-electron chi connectivity index (χ3n) is 3.15. The number of rotatable bonds is 3. The zero-order valence-electron chi connectivity index (χ0n) is 11.2. The lowest BCUT2D eigenvalue weighted by Gasteiger charge is -2.12. The van der Waals surface area contributed by atoms with Gasteiger partial charge >= 0.3 is 0 Å². The molecule has 0 aliphatic rings. The fraction of sp³-hybridized carbons (Fsp3) is 0.188. The maximum atomic E-state index is 8.89. The first-order chi connectivity index (χ1) is 9.10. The molecule has 3 heteroatoms. The van der Waals surface area contributed by atoms with Crippen molar-refractivity contribution in [3.8, 4) is 6.07 Å². The minimum atomic E-state index is 0.609. The standard InChI is InChI=1S/C16H17N3/c1-11-3-5-14(12(2)7-11)10-19-16-8-13(9-17)4-6-15(16)18/h3-8,19H,10,18H2,1-2H3. The van der Waals surface area contributed by atoms with Crippen molar-refractivity contribution in [1.82, 2.24) is 0 Å². The van der Waals surface area contributed by atoms with Crippen LogP contribution < -0.4 is 11.1 Å². The van der Waals surface area contributed by atoms with Gasteiger partial charge in [-0.25, -0.2) is 0 Å². The van der Waals surface area contributed by atoms with Crippen LogP contribution in [0.15, 0.2) is 36.4 Å². The molecule has 0 fully saturated rings. The fourth-order valence-corrected chi connectivity index (χ4v) is 2.01. The molecule has 0 heterocycles. The summed E-state index contributed by atoms with van der Waals surface area (Å²) in [5.74, 6) is 0. The first kappa shape index (κ1) is 13.0. The molecular formula is C16H17N3. The van der Waals surface area contributed by atoms with Crippen LogP contribution in [-0.2, 0) is 6.54 Å². The van der Waals surface area contributed by atoms with Gasteiger partial charge in [0.2, 0.25) is 0 Å². The average molecular weight is 251 g/mol. The molecule has 19 heavy (non-hydrogen) atoms. The van der Waals surface area contributed by atoms with E-state index in [-0.39, 0.29) is 0 Å². The number of hydrogen-bond acceptors (Lipinski definition) is 3. The van der Waals surface area contributed by atoms with Gasteiger partial charge in [-0.3, -0.25) is 0 Å². The van der Waals surface area contributed by atoms with E-state index in [0.29, 0.717) is 17.8 Å². The second-order valence-electron chi connectivity index (χ2n) is 4.70. The van der Waals surface area contributed by atoms with Gasteiger partial charge in [-0.15, -0.1) is 0 Å². The lowest BCUT2D eigenvalue weighted by molar-refractivity contribution is 1.11. The number of nitrogens with one attached hydrogen (secondary N) is 1. The lowest BCUT2D eigenvalue weighted by atomic mass is 10.1. The lowest BCUT2D eigenvalue weighted by Crippen LogP contribution is -2.04. The zero-order valence-corrected chi connectivity index (χ0v) is 11.2. The van der Waals surface area contributed by atoms with E-state index in [1.54, 1.807) is 18.2 Å². The van der Waals surface area contributed by atoms with Gasteiger partial charge in [0.25, 0.3) is 0 Å². The van der Waals surface area contributed by atoms with Crippen LogP contribution in [0.3, 0.4) is 0 Å². The Hall–Kier alpha value is -2.47. The molecule has 2 aromatic carbocycles. The number of benzene rings is 2. The maximum absolute atomic E-state index is 8.89. The van der Waals surface area contributed by atoms with E-state index >= 15 is 0 Å². The van der Waals surface area contributed by atoms with E-state index in [1.807, 2.05) is 0 Å². The van der Waals surface area contributed by atoms with Crippen LogP contribution in [0.5, 0.6) is 0 Å². The summed E-state index contributed by atoms with van der Waals surface area (Å²) in [6.45, 7) is 4.88. The highest BCUT2D eigenvalue weighted by Crippen LogP contribution is 2.21. The van der Waals surface area contributed by atoms with Crippen molar-refractivity contribution in [2.24, 2.45) is 0 Å². The van der Waals surface area contributed by atoms with Crippen LogP contribution >= 0.6 is 0 Å². The van der Waals surface area contributed by atoms with Gasteiger partial charge < -0.3 is 11.1 Å². The molecule has 96 valence electrons. The summed E-state index contributed by atoms with van der Waals surface area (Å²) in [6.07, 6.45) is 0. The number of nitriles is 1. The highest BCUT2D eigenvalue weighted by Gasteiger charge is 2.03. The minimum Gasteiger partial charge on any atom is -0.397 e. The molecule has 0 bridgehead atoms. The van der Waals surface area contributed by atoms with Gasteiger partial charge in [0.05, 0.1) is 23.0 Å². The molecule has 0 radical (unpaired) electrons. The normalized spacial score (nSPS) is 9.95. The molecule has 0 amide bonds. The van der Waals surface area contributed by atoms with Gasteiger partial charge in [-0.1, -0.05) is 23.8 Å². The molecule has 0 atom stereocenters. The SMILES string of the molecule is Cc1ccc(CNc2cc(C#N)ccc2N)c(C)c1. The average Bonchev–Trinajstić information content (AvgIpc) is 2.39. The zero-order chi connectivity index (χ0) is 13.8. The molecule has 2 rings (SSSR count). The monoisotopic (exact) mass is 251 g/mol. The van der Waals surface area contributed by atoms with Gasteiger partial charge in [-0.05, 0) is 43.2 Å². The van der Waals surface area contributed by atoms with Crippen LogP contribution in [0.1, 0.15) is 22.3 Å². The number of hydrogen-bond donors (Lipinski definition) is 2. The van der Waals surface area contributed by atoms with Crippen molar-refractivity contribution in [2.45, 2.75) is 20.4 Å². The maximum Gasteiger partial charge on any atom is 0.0992 e. The van der Waals surface area contributed by atoms with Crippen molar-refractivity contribution in [3.05, 3.63) is 58.7 Å². The Labute approximate surface area is 113 Å². The largest absolute Gasteiger partial charge is 0.397 e. The second kappa shape index (κ2) is 5.45. The third-order valence-corrected chi connectivity index (χ3v) is 3.15. The van der Waals surface area contributed by atoms with E-state index in [4.69, 9.17) is 11.0 Å². The minimum absolute atomic E-state index is 0.609. The Kier molecular flexibility index (Phi) is 3.72. The van der Waals surface area contributed by atoms with Gasteiger partial charge in [-0.2, -0.15) is 5.26 Å². The van der Waals surface area contributed by atoms with Crippen LogP contribution in [0.25, 0.3) is 0 Å². The molecular weight excluding hydrogens is 234 g/mol. The summed E-state index contributed by atoms with van der Waals surface area (Å²) >= 11 is 0. The van der Waals surface area contributed by atoms with Crippen LogP contribution in [0.2, 0.25) is 0 Å². The first-order valence-electron chi connectivity index (χ1n) is 6.20. The van der Waals surface area contributed by atoms with Crippen molar-refractivity contribution in [3.63, 3.8) is 0 Å². The van der Waals surface area contributed by atoms with Crippen LogP contribution in [0, 0.1) is 25.2 Å².